The van der Waals surface area contributed by atoms with Gasteiger partial charge in [-0.15, -0.1) is 0 Å². The number of nitrogens with one attached hydrogen (secondary N) is 1. The van der Waals surface area contributed by atoms with Gasteiger partial charge in [0.05, 0.1) is 12.1 Å². The van der Waals surface area contributed by atoms with Crippen LogP contribution in [0.25, 0.3) is 5.57 Å². The van der Waals surface area contributed by atoms with E-state index in [2.05, 4.69) is 5.32 Å². The van der Waals surface area contributed by atoms with Crippen LogP contribution in [-0.4, -0.2) is 30.8 Å². The van der Waals surface area contributed by atoms with Gasteiger partial charge in [0, 0.05) is 30.5 Å². The molecule has 1 heterocycles. The Hall–Kier alpha value is -3.57. The van der Waals surface area contributed by atoms with Gasteiger partial charge >= 0.3 is 0 Å². The fraction of sp³-hybridized carbons (Fsp3) is 0.120. The van der Waals surface area contributed by atoms with Gasteiger partial charge in [0.2, 0.25) is 0 Å². The highest BCUT2D eigenvalue weighted by atomic mass is 35.5. The van der Waals surface area contributed by atoms with Gasteiger partial charge in [0.15, 0.2) is 0 Å². The molecule has 156 valence electrons. The highest BCUT2D eigenvalue weighted by molar-refractivity contribution is 6.36. The third-order valence-corrected chi connectivity index (χ3v) is 5.39. The van der Waals surface area contributed by atoms with E-state index < -0.39 is 0 Å². The zero-order valence-electron chi connectivity index (χ0n) is 17.3. The van der Waals surface area contributed by atoms with Crippen molar-refractivity contribution in [1.29, 1.82) is 0 Å². The van der Waals surface area contributed by atoms with Crippen molar-refractivity contribution < 1.29 is 9.59 Å². The van der Waals surface area contributed by atoms with Crippen LogP contribution in [0.15, 0.2) is 84.6 Å². The highest BCUT2D eigenvalue weighted by Crippen LogP contribution is 2.32. The second-order valence-electron chi connectivity index (χ2n) is 7.51. The Morgan fingerprint density at radius 2 is 1.48 bits per heavy atom. The van der Waals surface area contributed by atoms with Crippen molar-refractivity contribution in [2.45, 2.75) is 6.54 Å². The number of carbonyl (C=O) groups excluding carboxylic acids is 2. The lowest BCUT2D eigenvalue weighted by atomic mass is 10.0. The molecule has 5 nitrogen and oxygen atoms in total. The van der Waals surface area contributed by atoms with Crippen molar-refractivity contribution >= 4 is 40.4 Å². The van der Waals surface area contributed by atoms with Gasteiger partial charge in [0.1, 0.15) is 5.70 Å². The summed E-state index contributed by atoms with van der Waals surface area (Å²) in [5.74, 6) is -0.681. The molecule has 0 radical (unpaired) electrons. The summed E-state index contributed by atoms with van der Waals surface area (Å²) in [4.78, 5) is 29.9. The maximum absolute atomic E-state index is 13.3. The maximum Gasteiger partial charge on any atom is 0.278 e. The first-order chi connectivity index (χ1) is 14.9. The van der Waals surface area contributed by atoms with E-state index in [4.69, 9.17) is 11.6 Å². The number of hydrogen-bond donors (Lipinski definition) is 1. The molecule has 6 heteroatoms. The predicted molar refractivity (Wildman–Crippen MR) is 125 cm³/mol. The van der Waals surface area contributed by atoms with Crippen LogP contribution >= 0.6 is 11.6 Å². The molecule has 0 aromatic heterocycles. The average Bonchev–Trinajstić information content (AvgIpc) is 3.00. The average molecular weight is 432 g/mol. The van der Waals surface area contributed by atoms with Crippen LogP contribution in [-0.2, 0) is 16.1 Å². The second-order valence-corrected chi connectivity index (χ2v) is 7.94. The van der Waals surface area contributed by atoms with Crippen molar-refractivity contribution in [2.24, 2.45) is 0 Å². The molecule has 0 aliphatic carbocycles. The minimum Gasteiger partial charge on any atom is -0.378 e. The molecule has 1 aliphatic rings. The molecular weight excluding hydrogens is 410 g/mol. The van der Waals surface area contributed by atoms with Crippen molar-refractivity contribution in [3.05, 3.63) is 101 Å². The molecule has 0 bridgehead atoms. The smallest absolute Gasteiger partial charge is 0.278 e. The highest BCUT2D eigenvalue weighted by Gasteiger charge is 2.39. The van der Waals surface area contributed by atoms with Crippen molar-refractivity contribution in [2.75, 3.05) is 24.3 Å². The first kappa shape index (κ1) is 20.7. The standard InChI is InChI=1S/C25H22ClN3O2/c1-28(2)21-14-12-20(13-15-21)27-23-22(18-8-10-19(26)11-9-18)24(30)29(25(23)31)16-17-6-4-3-5-7-17/h3-15,27H,16H2,1-2H3. The summed E-state index contributed by atoms with van der Waals surface area (Å²) in [6, 6.07) is 24.1. The van der Waals surface area contributed by atoms with Crippen molar-refractivity contribution in [1.82, 2.24) is 4.90 Å². The Labute approximate surface area is 186 Å². The summed E-state index contributed by atoms with van der Waals surface area (Å²) >= 11 is 6.03. The number of halogens is 1. The Balaban J connectivity index is 1.71. The normalized spacial score (nSPS) is 13.7. The van der Waals surface area contributed by atoms with Crippen molar-refractivity contribution in [3.63, 3.8) is 0 Å². The third-order valence-electron chi connectivity index (χ3n) is 5.14. The van der Waals surface area contributed by atoms with Crippen LogP contribution in [0.5, 0.6) is 0 Å². The monoisotopic (exact) mass is 431 g/mol. The maximum atomic E-state index is 13.3. The quantitative estimate of drug-likeness (QED) is 0.570. The minimum atomic E-state index is -0.351. The van der Waals surface area contributed by atoms with Crippen LogP contribution < -0.4 is 10.2 Å². The minimum absolute atomic E-state index is 0.209. The molecule has 4 rings (SSSR count). The van der Waals surface area contributed by atoms with E-state index in [1.165, 1.54) is 4.90 Å². The van der Waals surface area contributed by atoms with E-state index in [9.17, 15) is 9.59 Å². The molecule has 0 atom stereocenters. The zero-order valence-corrected chi connectivity index (χ0v) is 18.1. The van der Waals surface area contributed by atoms with Crippen LogP contribution in [0.1, 0.15) is 11.1 Å². The third kappa shape index (κ3) is 4.32. The lowest BCUT2D eigenvalue weighted by molar-refractivity contribution is -0.137. The van der Waals surface area contributed by atoms with Gasteiger partial charge in [0.25, 0.3) is 11.8 Å². The Bertz CT molecular complexity index is 1140. The number of hydrogen-bond acceptors (Lipinski definition) is 4. The Morgan fingerprint density at radius 1 is 0.839 bits per heavy atom. The largest absolute Gasteiger partial charge is 0.378 e. The van der Waals surface area contributed by atoms with Gasteiger partial charge in [-0.25, -0.2) is 0 Å². The van der Waals surface area contributed by atoms with Crippen LogP contribution in [0.2, 0.25) is 5.02 Å². The number of anilines is 2. The van der Waals surface area contributed by atoms with E-state index >= 15 is 0 Å². The molecule has 3 aromatic rings. The first-order valence-corrected chi connectivity index (χ1v) is 10.3. The molecular formula is C25H22ClN3O2. The lowest BCUT2D eigenvalue weighted by Crippen LogP contribution is -2.31. The van der Waals surface area contributed by atoms with Gasteiger partial charge < -0.3 is 10.2 Å². The number of imide groups is 1. The lowest BCUT2D eigenvalue weighted by Gasteiger charge is -2.16. The van der Waals surface area contributed by atoms with E-state index in [0.717, 1.165) is 16.9 Å². The van der Waals surface area contributed by atoms with Crippen molar-refractivity contribution in [3.8, 4) is 0 Å². The number of rotatable bonds is 6. The molecule has 0 fully saturated rings. The fourth-order valence-electron chi connectivity index (χ4n) is 3.47. The fourth-order valence-corrected chi connectivity index (χ4v) is 3.60. The van der Waals surface area contributed by atoms with Crippen LogP contribution in [0.3, 0.4) is 0 Å². The Kier molecular flexibility index (Phi) is 5.78. The van der Waals surface area contributed by atoms with Crippen LogP contribution in [0.4, 0.5) is 11.4 Å². The number of amides is 2. The summed E-state index contributed by atoms with van der Waals surface area (Å²) in [6.45, 7) is 0.209. The predicted octanol–water partition coefficient (Wildman–Crippen LogP) is 4.80. The van der Waals surface area contributed by atoms with Gasteiger partial charge in [-0.3, -0.25) is 14.5 Å². The number of nitrogens with zero attached hydrogens (tertiary/aromatic N) is 2. The summed E-state index contributed by atoms with van der Waals surface area (Å²) in [5.41, 5.74) is 3.91. The van der Waals surface area contributed by atoms with E-state index in [-0.39, 0.29) is 24.1 Å². The summed E-state index contributed by atoms with van der Waals surface area (Å²) in [6.07, 6.45) is 0. The van der Waals surface area contributed by atoms with Gasteiger partial charge in [-0.05, 0) is 47.5 Å². The molecule has 0 saturated carbocycles. The molecule has 31 heavy (non-hydrogen) atoms. The summed E-state index contributed by atoms with van der Waals surface area (Å²) in [5, 5.41) is 3.75. The second kappa shape index (κ2) is 8.66. The van der Waals surface area contributed by atoms with E-state index in [1.54, 1.807) is 24.3 Å². The summed E-state index contributed by atoms with van der Waals surface area (Å²) < 4.78 is 0. The molecule has 0 spiro atoms. The van der Waals surface area contributed by atoms with Crippen LogP contribution in [0, 0.1) is 0 Å². The zero-order chi connectivity index (χ0) is 22.0. The topological polar surface area (TPSA) is 52.7 Å². The van der Waals surface area contributed by atoms with Gasteiger partial charge in [-0.2, -0.15) is 0 Å². The molecule has 2 amide bonds. The number of benzene rings is 3. The molecule has 1 aliphatic heterocycles. The first-order valence-electron chi connectivity index (χ1n) is 9.89. The SMILES string of the molecule is CN(C)c1ccc(NC2=C(c3ccc(Cl)cc3)C(=O)N(Cc3ccccc3)C2=O)cc1. The number of carbonyl (C=O) groups is 2. The molecule has 0 unspecified atom stereocenters. The molecule has 0 saturated heterocycles. The molecule has 3 aromatic carbocycles. The van der Waals surface area contributed by atoms with E-state index in [1.807, 2.05) is 73.6 Å². The molecule has 1 N–H and O–H groups in total. The summed E-state index contributed by atoms with van der Waals surface area (Å²) in [7, 11) is 3.93. The van der Waals surface area contributed by atoms with Gasteiger partial charge in [-0.1, -0.05) is 54.1 Å². The Morgan fingerprint density at radius 3 is 2.10 bits per heavy atom. The van der Waals surface area contributed by atoms with E-state index in [0.29, 0.717) is 16.2 Å².